The number of nitrogens with one attached hydrogen (secondary N) is 2. The maximum Gasteiger partial charge on any atom is 0.320 e. The van der Waals surface area contributed by atoms with Crippen molar-refractivity contribution in [2.75, 3.05) is 0 Å². The second-order valence-electron chi connectivity index (χ2n) is 8.07. The molecule has 3 N–H and O–H groups in total. The molecule has 7 heteroatoms. The molecule has 31 heavy (non-hydrogen) atoms. The van der Waals surface area contributed by atoms with E-state index in [-0.39, 0.29) is 18.9 Å². The van der Waals surface area contributed by atoms with Gasteiger partial charge in [-0.05, 0) is 43.5 Å². The molecule has 1 saturated carbocycles. The molecule has 1 aromatic carbocycles. The van der Waals surface area contributed by atoms with E-state index < -0.39 is 23.8 Å². The first kappa shape index (κ1) is 22.7. The van der Waals surface area contributed by atoms with Crippen LogP contribution in [0.4, 0.5) is 0 Å². The predicted octanol–water partition coefficient (Wildman–Crippen LogP) is 4.14. The third-order valence-electron chi connectivity index (χ3n) is 5.71. The number of carbonyl (C=O) groups is 3. The van der Waals surface area contributed by atoms with Gasteiger partial charge in [0.2, 0.25) is 5.91 Å². The Labute approximate surface area is 182 Å². The molecule has 1 aliphatic carbocycles. The van der Waals surface area contributed by atoms with Gasteiger partial charge in [0.25, 0.3) is 5.91 Å². The molecule has 0 saturated heterocycles. The summed E-state index contributed by atoms with van der Waals surface area (Å²) in [5, 5.41) is 15.1. The quantitative estimate of drug-likeness (QED) is 0.585. The van der Waals surface area contributed by atoms with Gasteiger partial charge >= 0.3 is 5.97 Å². The maximum atomic E-state index is 12.3. The molecule has 1 atom stereocenters. The molecular formula is C24H30N2O5. The van der Waals surface area contributed by atoms with Gasteiger partial charge in [-0.2, -0.15) is 0 Å². The minimum Gasteiger partial charge on any atom is -0.480 e. The minimum atomic E-state index is -0.963. The van der Waals surface area contributed by atoms with E-state index in [0.29, 0.717) is 11.3 Å². The molecule has 0 bridgehead atoms. The van der Waals surface area contributed by atoms with Crippen molar-refractivity contribution in [2.24, 2.45) is 0 Å². The van der Waals surface area contributed by atoms with Gasteiger partial charge in [-0.25, -0.2) is 0 Å². The number of hydrogen-bond donors (Lipinski definition) is 3. The van der Waals surface area contributed by atoms with Crippen LogP contribution in [0.3, 0.4) is 0 Å². The number of carboxylic acid groups (broad SMARTS) is 1. The van der Waals surface area contributed by atoms with Crippen LogP contribution in [0, 0.1) is 0 Å². The summed E-state index contributed by atoms with van der Waals surface area (Å²) in [7, 11) is 0. The monoisotopic (exact) mass is 426 g/mol. The largest absolute Gasteiger partial charge is 0.480 e. The van der Waals surface area contributed by atoms with E-state index in [0.717, 1.165) is 31.2 Å². The van der Waals surface area contributed by atoms with Gasteiger partial charge in [0.1, 0.15) is 11.8 Å². The molecule has 7 nitrogen and oxygen atoms in total. The molecule has 0 aliphatic heterocycles. The summed E-state index contributed by atoms with van der Waals surface area (Å²) >= 11 is 0. The highest BCUT2D eigenvalue weighted by atomic mass is 16.4. The minimum absolute atomic E-state index is 0.0348. The van der Waals surface area contributed by atoms with Gasteiger partial charge in [-0.1, -0.05) is 44.2 Å². The lowest BCUT2D eigenvalue weighted by atomic mass is 9.95. The zero-order valence-electron chi connectivity index (χ0n) is 17.6. The first-order valence-corrected chi connectivity index (χ1v) is 11.0. The van der Waals surface area contributed by atoms with E-state index >= 15 is 0 Å². The SMILES string of the molecule is O=C(CC[C@H](NC1CCCCCCC1)C(=O)O)NC(=O)c1ccc(-c2ccco2)cc1. The highest BCUT2D eigenvalue weighted by Gasteiger charge is 2.23. The second kappa shape index (κ2) is 11.5. The van der Waals surface area contributed by atoms with Gasteiger partial charge in [0.15, 0.2) is 0 Å². The number of benzene rings is 1. The average molecular weight is 427 g/mol. The van der Waals surface area contributed by atoms with Crippen LogP contribution in [0.15, 0.2) is 47.1 Å². The fourth-order valence-electron chi connectivity index (χ4n) is 3.95. The van der Waals surface area contributed by atoms with Gasteiger partial charge in [0.05, 0.1) is 6.26 Å². The van der Waals surface area contributed by atoms with Crippen molar-refractivity contribution in [3.63, 3.8) is 0 Å². The van der Waals surface area contributed by atoms with Crippen molar-refractivity contribution < 1.29 is 23.9 Å². The lowest BCUT2D eigenvalue weighted by Gasteiger charge is -2.25. The number of rotatable bonds is 8. The molecule has 166 valence electrons. The van der Waals surface area contributed by atoms with E-state index in [1.54, 1.807) is 36.6 Å². The van der Waals surface area contributed by atoms with Crippen molar-refractivity contribution >= 4 is 17.8 Å². The zero-order valence-corrected chi connectivity index (χ0v) is 17.6. The Morgan fingerprint density at radius 2 is 1.68 bits per heavy atom. The Balaban J connectivity index is 1.48. The third-order valence-corrected chi connectivity index (χ3v) is 5.71. The van der Waals surface area contributed by atoms with Gasteiger partial charge in [-0.15, -0.1) is 0 Å². The van der Waals surface area contributed by atoms with Crippen LogP contribution in [-0.4, -0.2) is 35.0 Å². The molecule has 1 aromatic heterocycles. The van der Waals surface area contributed by atoms with E-state index in [9.17, 15) is 19.5 Å². The Hall–Kier alpha value is -2.93. The van der Waals surface area contributed by atoms with Crippen LogP contribution in [0.1, 0.15) is 68.1 Å². The number of imide groups is 1. The number of carboxylic acids is 1. The summed E-state index contributed by atoms with van der Waals surface area (Å²) in [5.74, 6) is -1.25. The number of aliphatic carboxylic acids is 1. The van der Waals surface area contributed by atoms with E-state index in [4.69, 9.17) is 4.42 Å². The fourth-order valence-corrected chi connectivity index (χ4v) is 3.95. The average Bonchev–Trinajstić information content (AvgIpc) is 3.27. The molecule has 1 heterocycles. The van der Waals surface area contributed by atoms with Crippen LogP contribution in [0.2, 0.25) is 0 Å². The smallest absolute Gasteiger partial charge is 0.320 e. The topological polar surface area (TPSA) is 109 Å². The van der Waals surface area contributed by atoms with Crippen LogP contribution in [0.25, 0.3) is 11.3 Å². The molecule has 3 rings (SSSR count). The van der Waals surface area contributed by atoms with Crippen LogP contribution >= 0.6 is 0 Å². The van der Waals surface area contributed by atoms with E-state index in [1.165, 1.54) is 19.3 Å². The number of hydrogen-bond acceptors (Lipinski definition) is 5. The summed E-state index contributed by atoms with van der Waals surface area (Å²) in [4.78, 5) is 36.2. The predicted molar refractivity (Wildman–Crippen MR) is 117 cm³/mol. The first-order chi connectivity index (χ1) is 15.0. The zero-order chi connectivity index (χ0) is 22.1. The standard InChI is InChI=1S/C24H30N2O5/c27-22(15-14-20(24(29)30)25-19-7-4-2-1-3-5-8-19)26-23(28)18-12-10-17(11-13-18)21-9-6-16-31-21/h6,9-13,16,19-20,25H,1-5,7-8,14-15H2,(H,29,30)(H,26,27,28)/t20-/m0/s1. The molecule has 2 amide bonds. The van der Waals surface area contributed by atoms with Gasteiger partial charge in [-0.3, -0.25) is 19.7 Å². The highest BCUT2D eigenvalue weighted by Crippen LogP contribution is 2.20. The van der Waals surface area contributed by atoms with E-state index in [2.05, 4.69) is 10.6 Å². The van der Waals surface area contributed by atoms with Gasteiger partial charge < -0.3 is 14.8 Å². The van der Waals surface area contributed by atoms with Gasteiger partial charge in [0, 0.05) is 23.6 Å². The summed E-state index contributed by atoms with van der Waals surface area (Å²) in [6, 6.07) is 9.71. The van der Waals surface area contributed by atoms with Crippen LogP contribution < -0.4 is 10.6 Å². The molecule has 1 fully saturated rings. The Kier molecular flexibility index (Phi) is 8.41. The molecule has 1 aliphatic rings. The Morgan fingerprint density at radius 1 is 1.00 bits per heavy atom. The number of amides is 2. The summed E-state index contributed by atoms with van der Waals surface area (Å²) in [6.07, 6.45) is 9.40. The maximum absolute atomic E-state index is 12.3. The normalized spacial score (nSPS) is 16.1. The van der Waals surface area contributed by atoms with Crippen molar-refractivity contribution in [1.29, 1.82) is 0 Å². The third kappa shape index (κ3) is 7.07. The van der Waals surface area contributed by atoms with Crippen molar-refractivity contribution in [3.05, 3.63) is 48.2 Å². The van der Waals surface area contributed by atoms with Crippen molar-refractivity contribution in [2.45, 2.75) is 69.9 Å². The second-order valence-corrected chi connectivity index (χ2v) is 8.07. The lowest BCUT2D eigenvalue weighted by Crippen LogP contribution is -2.44. The van der Waals surface area contributed by atoms with Crippen LogP contribution in [-0.2, 0) is 9.59 Å². The first-order valence-electron chi connectivity index (χ1n) is 11.0. The highest BCUT2D eigenvalue weighted by molar-refractivity contribution is 6.04. The molecule has 0 spiro atoms. The molecular weight excluding hydrogens is 396 g/mol. The van der Waals surface area contributed by atoms with E-state index in [1.807, 2.05) is 6.07 Å². The fraction of sp³-hybridized carbons (Fsp3) is 0.458. The van der Waals surface area contributed by atoms with Crippen molar-refractivity contribution in [1.82, 2.24) is 10.6 Å². The molecule has 0 radical (unpaired) electrons. The number of carbonyl (C=O) groups excluding carboxylic acids is 2. The Morgan fingerprint density at radius 3 is 2.29 bits per heavy atom. The van der Waals surface area contributed by atoms with Crippen molar-refractivity contribution in [3.8, 4) is 11.3 Å². The number of furan rings is 1. The Bertz CT molecular complexity index is 853. The lowest BCUT2D eigenvalue weighted by molar-refractivity contribution is -0.140. The molecule has 2 aromatic rings. The van der Waals surface area contributed by atoms with Crippen LogP contribution in [0.5, 0.6) is 0 Å². The molecule has 0 unspecified atom stereocenters. The summed E-state index contributed by atoms with van der Waals surface area (Å²) < 4.78 is 5.32. The summed E-state index contributed by atoms with van der Waals surface area (Å²) in [5.41, 5.74) is 1.18. The summed E-state index contributed by atoms with van der Waals surface area (Å²) in [6.45, 7) is 0.